The second-order valence-electron chi connectivity index (χ2n) is 3.85. The lowest BCUT2D eigenvalue weighted by Gasteiger charge is -2.23. The average molecular weight is 213 g/mol. The largest absolute Gasteiger partial charge is 0.505 e. The van der Waals surface area contributed by atoms with Crippen molar-refractivity contribution >= 4 is 0 Å². The Hall–Kier alpha value is -1.16. The molecule has 1 saturated heterocycles. The molecule has 1 aromatic carbocycles. The van der Waals surface area contributed by atoms with Gasteiger partial charge in [-0.05, 0) is 37.9 Å². The highest BCUT2D eigenvalue weighted by Gasteiger charge is 2.21. The highest BCUT2D eigenvalue weighted by Crippen LogP contribution is 2.34. The van der Waals surface area contributed by atoms with Gasteiger partial charge in [0.15, 0.2) is 11.6 Å². The number of hydrogen-bond donors (Lipinski definition) is 2. The summed E-state index contributed by atoms with van der Waals surface area (Å²) in [6.07, 6.45) is 1.60. The molecule has 4 heteroatoms. The van der Waals surface area contributed by atoms with Crippen molar-refractivity contribution in [1.29, 1.82) is 0 Å². The summed E-state index contributed by atoms with van der Waals surface area (Å²) in [6.45, 7) is 1.64. The summed E-state index contributed by atoms with van der Waals surface area (Å²) in [5.74, 6) is -1.85. The lowest BCUT2D eigenvalue weighted by atomic mass is 9.89. The van der Waals surface area contributed by atoms with E-state index in [2.05, 4.69) is 5.32 Å². The van der Waals surface area contributed by atoms with Crippen LogP contribution >= 0.6 is 0 Å². The van der Waals surface area contributed by atoms with E-state index in [9.17, 15) is 13.9 Å². The molecule has 0 unspecified atom stereocenters. The first-order valence-corrected chi connectivity index (χ1v) is 5.07. The van der Waals surface area contributed by atoms with Crippen molar-refractivity contribution < 1.29 is 13.9 Å². The molecule has 0 radical (unpaired) electrons. The molecule has 0 bridgehead atoms. The SMILES string of the molecule is Oc1c(F)cc(F)cc1C1CCNCC1. The number of nitrogens with one attached hydrogen (secondary N) is 1. The van der Waals surface area contributed by atoms with Crippen LogP contribution < -0.4 is 5.32 Å². The summed E-state index contributed by atoms with van der Waals surface area (Å²) in [6, 6.07) is 1.94. The number of phenolic OH excluding ortho intramolecular Hbond substituents is 1. The van der Waals surface area contributed by atoms with Crippen LogP contribution in [0.4, 0.5) is 8.78 Å². The van der Waals surface area contributed by atoms with Crippen molar-refractivity contribution in [3.63, 3.8) is 0 Å². The van der Waals surface area contributed by atoms with Gasteiger partial charge in [0, 0.05) is 11.6 Å². The second kappa shape index (κ2) is 4.14. The van der Waals surface area contributed by atoms with E-state index >= 15 is 0 Å². The molecule has 0 saturated carbocycles. The average Bonchev–Trinajstić information content (AvgIpc) is 2.24. The number of aromatic hydroxyl groups is 1. The molecule has 1 heterocycles. The molecule has 0 amide bonds. The van der Waals surface area contributed by atoms with E-state index in [0.29, 0.717) is 11.6 Å². The monoisotopic (exact) mass is 213 g/mol. The lowest BCUT2D eigenvalue weighted by molar-refractivity contribution is 0.395. The predicted molar refractivity (Wildman–Crippen MR) is 52.9 cm³/mol. The van der Waals surface area contributed by atoms with Crippen molar-refractivity contribution in [2.45, 2.75) is 18.8 Å². The van der Waals surface area contributed by atoms with Gasteiger partial charge in [-0.15, -0.1) is 0 Å². The fraction of sp³-hybridized carbons (Fsp3) is 0.455. The van der Waals surface area contributed by atoms with Crippen LogP contribution in [0.2, 0.25) is 0 Å². The summed E-state index contributed by atoms with van der Waals surface area (Å²) in [5, 5.41) is 12.7. The van der Waals surface area contributed by atoms with Crippen LogP contribution in [-0.4, -0.2) is 18.2 Å². The molecule has 0 aromatic heterocycles. The zero-order valence-corrected chi connectivity index (χ0v) is 8.26. The van der Waals surface area contributed by atoms with Crippen molar-refractivity contribution in [2.24, 2.45) is 0 Å². The van der Waals surface area contributed by atoms with Gasteiger partial charge in [0.1, 0.15) is 5.82 Å². The topological polar surface area (TPSA) is 32.3 Å². The summed E-state index contributed by atoms with van der Waals surface area (Å²) < 4.78 is 26.1. The zero-order chi connectivity index (χ0) is 10.8. The molecule has 0 aliphatic carbocycles. The van der Waals surface area contributed by atoms with Crippen LogP contribution in [0.25, 0.3) is 0 Å². The third-order valence-electron chi connectivity index (χ3n) is 2.84. The first-order chi connectivity index (χ1) is 7.18. The lowest BCUT2D eigenvalue weighted by Crippen LogP contribution is -2.26. The van der Waals surface area contributed by atoms with Gasteiger partial charge >= 0.3 is 0 Å². The minimum absolute atomic E-state index is 0.0523. The summed E-state index contributed by atoms with van der Waals surface area (Å²) in [7, 11) is 0. The third kappa shape index (κ3) is 2.09. The number of halogens is 2. The fourth-order valence-corrected chi connectivity index (χ4v) is 2.03. The molecule has 2 rings (SSSR count). The van der Waals surface area contributed by atoms with Gasteiger partial charge in [-0.2, -0.15) is 0 Å². The minimum Gasteiger partial charge on any atom is -0.505 e. The fourth-order valence-electron chi connectivity index (χ4n) is 2.03. The maximum Gasteiger partial charge on any atom is 0.168 e. The van der Waals surface area contributed by atoms with Gasteiger partial charge in [0.05, 0.1) is 0 Å². The number of rotatable bonds is 1. The first kappa shape index (κ1) is 10.4. The molecule has 2 nitrogen and oxygen atoms in total. The summed E-state index contributed by atoms with van der Waals surface area (Å²) >= 11 is 0. The third-order valence-corrected chi connectivity index (χ3v) is 2.84. The highest BCUT2D eigenvalue weighted by molar-refractivity contribution is 5.37. The number of benzene rings is 1. The molecule has 0 atom stereocenters. The zero-order valence-electron chi connectivity index (χ0n) is 8.26. The summed E-state index contributed by atoms with van der Waals surface area (Å²) in [4.78, 5) is 0. The quantitative estimate of drug-likeness (QED) is 0.749. The predicted octanol–water partition coefficient (Wildman–Crippen LogP) is 2.14. The Morgan fingerprint density at radius 1 is 1.20 bits per heavy atom. The van der Waals surface area contributed by atoms with E-state index < -0.39 is 17.4 Å². The first-order valence-electron chi connectivity index (χ1n) is 5.07. The molecular weight excluding hydrogens is 200 g/mol. The highest BCUT2D eigenvalue weighted by atomic mass is 19.1. The van der Waals surface area contributed by atoms with Gasteiger partial charge in [-0.1, -0.05) is 0 Å². The van der Waals surface area contributed by atoms with Crippen molar-refractivity contribution in [1.82, 2.24) is 5.32 Å². The molecule has 1 fully saturated rings. The molecule has 1 aliphatic heterocycles. The van der Waals surface area contributed by atoms with Crippen LogP contribution in [0.5, 0.6) is 5.75 Å². The molecule has 2 N–H and O–H groups in total. The number of hydrogen-bond acceptors (Lipinski definition) is 2. The molecule has 1 aliphatic rings. The van der Waals surface area contributed by atoms with Crippen molar-refractivity contribution in [3.8, 4) is 5.75 Å². The maximum absolute atomic E-state index is 13.1. The molecule has 1 aromatic rings. The normalized spacial score (nSPS) is 18.0. The second-order valence-corrected chi connectivity index (χ2v) is 3.85. The minimum atomic E-state index is -0.872. The number of piperidine rings is 1. The smallest absolute Gasteiger partial charge is 0.168 e. The van der Waals surface area contributed by atoms with E-state index in [0.717, 1.165) is 25.9 Å². The Balaban J connectivity index is 2.33. The van der Waals surface area contributed by atoms with Crippen LogP contribution in [0.1, 0.15) is 24.3 Å². The number of phenols is 1. The Bertz CT molecular complexity index is 362. The maximum atomic E-state index is 13.1. The molecule has 15 heavy (non-hydrogen) atoms. The van der Waals surface area contributed by atoms with Crippen LogP contribution in [-0.2, 0) is 0 Å². The van der Waals surface area contributed by atoms with Crippen LogP contribution in [0.3, 0.4) is 0 Å². The van der Waals surface area contributed by atoms with E-state index in [-0.39, 0.29) is 5.92 Å². The molecular formula is C11H13F2NO. The van der Waals surface area contributed by atoms with Gasteiger partial charge in [-0.3, -0.25) is 0 Å². The Morgan fingerprint density at radius 2 is 1.87 bits per heavy atom. The Labute approximate surface area is 86.9 Å². The Morgan fingerprint density at radius 3 is 2.53 bits per heavy atom. The standard InChI is InChI=1S/C11H13F2NO/c12-8-5-9(11(15)10(13)6-8)7-1-3-14-4-2-7/h5-7,14-15H,1-4H2. The molecule has 0 spiro atoms. The van der Waals surface area contributed by atoms with Crippen molar-refractivity contribution in [3.05, 3.63) is 29.3 Å². The van der Waals surface area contributed by atoms with Gasteiger partial charge in [-0.25, -0.2) is 8.78 Å². The van der Waals surface area contributed by atoms with E-state index in [1.807, 2.05) is 0 Å². The van der Waals surface area contributed by atoms with Gasteiger partial charge < -0.3 is 10.4 Å². The Kier molecular flexibility index (Phi) is 2.86. The van der Waals surface area contributed by atoms with Gasteiger partial charge in [0.25, 0.3) is 0 Å². The van der Waals surface area contributed by atoms with Crippen LogP contribution in [0.15, 0.2) is 12.1 Å². The summed E-state index contributed by atoms with van der Waals surface area (Å²) in [5.41, 5.74) is 0.397. The van der Waals surface area contributed by atoms with Gasteiger partial charge in [0.2, 0.25) is 0 Å². The van der Waals surface area contributed by atoms with Crippen LogP contribution in [0, 0.1) is 11.6 Å². The van der Waals surface area contributed by atoms with E-state index in [1.54, 1.807) is 0 Å². The van der Waals surface area contributed by atoms with E-state index in [1.165, 1.54) is 6.07 Å². The molecule has 82 valence electrons. The van der Waals surface area contributed by atoms with Crippen molar-refractivity contribution in [2.75, 3.05) is 13.1 Å². The van der Waals surface area contributed by atoms with E-state index in [4.69, 9.17) is 0 Å².